The molecular weight excluding hydrogens is 240 g/mol. The Balaban J connectivity index is 2.35. The number of thioether (sulfide) groups is 1. The van der Waals surface area contributed by atoms with Crippen molar-refractivity contribution >= 4 is 28.6 Å². The summed E-state index contributed by atoms with van der Waals surface area (Å²) in [5.41, 5.74) is 1.36. The lowest BCUT2D eigenvalue weighted by molar-refractivity contribution is -0.111. The Morgan fingerprint density at radius 1 is 1.31 bits per heavy atom. The predicted octanol–water partition coefficient (Wildman–Crippen LogP) is 4.45. The molecule has 0 unspecified atom stereocenters. The summed E-state index contributed by atoms with van der Waals surface area (Å²) in [6.45, 7) is 4.38. The highest BCUT2D eigenvalue weighted by Crippen LogP contribution is 2.22. The van der Waals surface area contributed by atoms with Crippen LogP contribution >= 0.6 is 23.4 Å². The molecule has 0 fully saturated rings. The van der Waals surface area contributed by atoms with Crippen LogP contribution in [-0.2, 0) is 4.79 Å². The number of carbonyl (C=O) groups is 1. The first kappa shape index (κ1) is 13.6. The van der Waals surface area contributed by atoms with E-state index in [0.717, 1.165) is 12.2 Å². The molecule has 0 heterocycles. The van der Waals surface area contributed by atoms with Crippen molar-refractivity contribution < 1.29 is 4.79 Å². The molecule has 0 saturated heterocycles. The average molecular weight is 257 g/mol. The van der Waals surface area contributed by atoms with Crippen LogP contribution in [0.15, 0.2) is 29.2 Å². The van der Waals surface area contributed by atoms with E-state index in [1.54, 1.807) is 11.8 Å². The second-order valence-corrected chi connectivity index (χ2v) is 5.62. The van der Waals surface area contributed by atoms with Gasteiger partial charge in [0.25, 0.3) is 0 Å². The Labute approximate surface area is 107 Å². The van der Waals surface area contributed by atoms with Crippen LogP contribution in [-0.4, -0.2) is 11.0 Å². The Hall–Kier alpha value is -0.470. The molecular formula is C13H17ClOS. The highest BCUT2D eigenvalue weighted by atomic mass is 35.5. The maximum atomic E-state index is 10.5. The van der Waals surface area contributed by atoms with Crippen molar-refractivity contribution in [2.45, 2.75) is 37.5 Å². The van der Waals surface area contributed by atoms with Crippen LogP contribution in [0.5, 0.6) is 0 Å². The van der Waals surface area contributed by atoms with Gasteiger partial charge in [-0.25, -0.2) is 0 Å². The number of halogens is 1. The van der Waals surface area contributed by atoms with E-state index < -0.39 is 0 Å². The highest BCUT2D eigenvalue weighted by Gasteiger charge is 2.00. The zero-order valence-electron chi connectivity index (χ0n) is 9.70. The summed E-state index contributed by atoms with van der Waals surface area (Å²) in [5, 5.41) is -0.240. The Morgan fingerprint density at radius 3 is 2.44 bits per heavy atom. The molecule has 0 aliphatic rings. The Morgan fingerprint density at radius 2 is 1.94 bits per heavy atom. The Kier molecular flexibility index (Phi) is 5.93. The van der Waals surface area contributed by atoms with Gasteiger partial charge in [-0.15, -0.1) is 11.8 Å². The summed E-state index contributed by atoms with van der Waals surface area (Å²) in [6.07, 6.45) is 1.32. The van der Waals surface area contributed by atoms with Crippen LogP contribution in [0.25, 0.3) is 0 Å². The van der Waals surface area contributed by atoms with E-state index in [1.807, 2.05) is 0 Å². The maximum Gasteiger partial charge on any atom is 0.221 e. The molecule has 0 radical (unpaired) electrons. The number of hydrogen-bond acceptors (Lipinski definition) is 2. The maximum absolute atomic E-state index is 10.5. The van der Waals surface area contributed by atoms with Gasteiger partial charge in [-0.05, 0) is 47.4 Å². The lowest BCUT2D eigenvalue weighted by Crippen LogP contribution is -1.89. The van der Waals surface area contributed by atoms with Gasteiger partial charge < -0.3 is 0 Å². The smallest absolute Gasteiger partial charge is 0.221 e. The van der Waals surface area contributed by atoms with E-state index in [-0.39, 0.29) is 5.24 Å². The Bertz CT molecular complexity index is 332. The van der Waals surface area contributed by atoms with Crippen molar-refractivity contribution in [2.24, 2.45) is 0 Å². The quantitative estimate of drug-likeness (QED) is 0.425. The molecule has 88 valence electrons. The van der Waals surface area contributed by atoms with Gasteiger partial charge in [0, 0.05) is 11.3 Å². The van der Waals surface area contributed by atoms with Crippen LogP contribution in [0.3, 0.4) is 0 Å². The van der Waals surface area contributed by atoms with Crippen molar-refractivity contribution in [3.05, 3.63) is 29.8 Å². The molecule has 0 N–H and O–H groups in total. The molecule has 0 atom stereocenters. The summed E-state index contributed by atoms with van der Waals surface area (Å²) >= 11 is 7.04. The molecule has 1 aromatic rings. The first-order valence-electron chi connectivity index (χ1n) is 5.50. The third-order valence-corrected chi connectivity index (χ3v) is 3.62. The van der Waals surface area contributed by atoms with Gasteiger partial charge in [-0.2, -0.15) is 0 Å². The molecule has 1 nitrogen and oxygen atoms in total. The van der Waals surface area contributed by atoms with Crippen LogP contribution in [0, 0.1) is 0 Å². The van der Waals surface area contributed by atoms with Crippen molar-refractivity contribution in [3.63, 3.8) is 0 Å². The van der Waals surface area contributed by atoms with Gasteiger partial charge in [0.05, 0.1) is 0 Å². The number of carbonyl (C=O) groups excluding carboxylic acids is 1. The third kappa shape index (κ3) is 5.04. The third-order valence-electron chi connectivity index (χ3n) is 2.33. The minimum absolute atomic E-state index is 0.240. The molecule has 0 amide bonds. The van der Waals surface area contributed by atoms with Gasteiger partial charge >= 0.3 is 0 Å². The molecule has 0 saturated carbocycles. The molecule has 1 aromatic carbocycles. The van der Waals surface area contributed by atoms with Gasteiger partial charge in [-0.1, -0.05) is 26.0 Å². The number of benzene rings is 1. The second-order valence-electron chi connectivity index (χ2n) is 4.03. The molecule has 1 rings (SSSR count). The summed E-state index contributed by atoms with van der Waals surface area (Å²) < 4.78 is 0. The van der Waals surface area contributed by atoms with Crippen LogP contribution < -0.4 is 0 Å². The zero-order valence-corrected chi connectivity index (χ0v) is 11.3. The fourth-order valence-corrected chi connectivity index (χ4v) is 2.34. The SMILES string of the molecule is CC(C)c1ccc(SCCCC(=O)Cl)cc1. The van der Waals surface area contributed by atoms with Gasteiger partial charge in [0.1, 0.15) is 0 Å². The molecule has 3 heteroatoms. The first-order chi connectivity index (χ1) is 7.59. The summed E-state index contributed by atoms with van der Waals surface area (Å²) in [5.74, 6) is 1.52. The lowest BCUT2D eigenvalue weighted by Gasteiger charge is -2.06. The van der Waals surface area contributed by atoms with E-state index in [9.17, 15) is 4.79 Å². The standard InChI is InChI=1S/C13H17ClOS/c1-10(2)11-5-7-12(8-6-11)16-9-3-4-13(14)15/h5-8,10H,3-4,9H2,1-2H3. The van der Waals surface area contributed by atoms with E-state index in [2.05, 4.69) is 38.1 Å². The molecule has 0 spiro atoms. The van der Waals surface area contributed by atoms with E-state index in [0.29, 0.717) is 12.3 Å². The zero-order chi connectivity index (χ0) is 12.0. The molecule has 0 bridgehead atoms. The van der Waals surface area contributed by atoms with E-state index >= 15 is 0 Å². The normalized spacial score (nSPS) is 10.8. The van der Waals surface area contributed by atoms with Crippen LogP contribution in [0.1, 0.15) is 38.2 Å². The van der Waals surface area contributed by atoms with Crippen LogP contribution in [0.4, 0.5) is 0 Å². The minimum Gasteiger partial charge on any atom is -0.281 e. The largest absolute Gasteiger partial charge is 0.281 e. The van der Waals surface area contributed by atoms with Crippen LogP contribution in [0.2, 0.25) is 0 Å². The second kappa shape index (κ2) is 6.97. The minimum atomic E-state index is -0.240. The molecule has 16 heavy (non-hydrogen) atoms. The van der Waals surface area contributed by atoms with Crippen molar-refractivity contribution in [1.82, 2.24) is 0 Å². The molecule has 0 aliphatic heterocycles. The fraction of sp³-hybridized carbons (Fsp3) is 0.462. The number of rotatable bonds is 6. The monoisotopic (exact) mass is 256 g/mol. The van der Waals surface area contributed by atoms with Crippen molar-refractivity contribution in [2.75, 3.05) is 5.75 Å². The number of hydrogen-bond donors (Lipinski definition) is 0. The summed E-state index contributed by atoms with van der Waals surface area (Å²) in [7, 11) is 0. The van der Waals surface area contributed by atoms with Gasteiger partial charge in [0.15, 0.2) is 0 Å². The predicted molar refractivity (Wildman–Crippen MR) is 71.3 cm³/mol. The topological polar surface area (TPSA) is 17.1 Å². The van der Waals surface area contributed by atoms with Crippen molar-refractivity contribution in [1.29, 1.82) is 0 Å². The summed E-state index contributed by atoms with van der Waals surface area (Å²) in [6, 6.07) is 8.62. The van der Waals surface area contributed by atoms with E-state index in [4.69, 9.17) is 11.6 Å². The molecule has 0 aromatic heterocycles. The molecule has 0 aliphatic carbocycles. The summed E-state index contributed by atoms with van der Waals surface area (Å²) in [4.78, 5) is 11.8. The van der Waals surface area contributed by atoms with Gasteiger partial charge in [0.2, 0.25) is 5.24 Å². The van der Waals surface area contributed by atoms with E-state index in [1.165, 1.54) is 10.5 Å². The lowest BCUT2D eigenvalue weighted by atomic mass is 10.0. The fourth-order valence-electron chi connectivity index (χ4n) is 1.35. The van der Waals surface area contributed by atoms with Gasteiger partial charge in [-0.3, -0.25) is 4.79 Å². The first-order valence-corrected chi connectivity index (χ1v) is 6.87. The average Bonchev–Trinajstić information content (AvgIpc) is 2.25. The van der Waals surface area contributed by atoms with Crippen molar-refractivity contribution in [3.8, 4) is 0 Å². The highest BCUT2D eigenvalue weighted by molar-refractivity contribution is 7.99.